The Morgan fingerprint density at radius 1 is 1.16 bits per heavy atom. The number of hydrogen-bond donors (Lipinski definition) is 1. The van der Waals surface area contributed by atoms with Gasteiger partial charge in [-0.25, -0.2) is 22.6 Å². The Kier molecular flexibility index (Phi) is 9.84. The largest absolute Gasteiger partial charge is 0.569 e. The number of carbonyl (C=O) groups excluding carboxylic acids is 2. The highest BCUT2D eigenvalue weighted by Crippen LogP contribution is 2.33. The van der Waals surface area contributed by atoms with Crippen LogP contribution in [0.5, 0.6) is 0 Å². The van der Waals surface area contributed by atoms with Crippen molar-refractivity contribution >= 4 is 22.1 Å². The van der Waals surface area contributed by atoms with Gasteiger partial charge in [-0.1, -0.05) is 29.8 Å². The molecule has 0 bridgehead atoms. The normalized spacial score (nSPS) is 16.5. The number of hydrazine groups is 1. The van der Waals surface area contributed by atoms with Crippen LogP contribution in [0.3, 0.4) is 0 Å². The highest BCUT2D eigenvalue weighted by molar-refractivity contribution is 7.90. The first-order chi connectivity index (χ1) is 21.1. The second kappa shape index (κ2) is 13.4. The third kappa shape index (κ3) is 8.62. The van der Waals surface area contributed by atoms with E-state index in [2.05, 4.69) is 10.4 Å². The number of benzene rings is 2. The molecular weight excluding hydrogens is 625 g/mol. The fraction of sp³-hybridized carbons (Fsp3) is 0.370. The lowest BCUT2D eigenvalue weighted by molar-refractivity contribution is -0.716. The van der Waals surface area contributed by atoms with Crippen LogP contribution in [0.4, 0.5) is 18.0 Å². The number of aromatic nitrogens is 2. The molecular formula is C27H29F3N6O8S. The van der Waals surface area contributed by atoms with Crippen molar-refractivity contribution in [3.8, 4) is 16.9 Å². The molecule has 1 amide bonds. The molecule has 0 saturated carbocycles. The number of piperidine rings is 1. The molecule has 0 radical (unpaired) electrons. The maximum atomic E-state index is 13.5. The molecule has 2 aromatic carbocycles. The second-order valence-corrected chi connectivity index (χ2v) is 11.7. The number of esters is 1. The number of aryl methyl sites for hydroxylation is 1. The van der Waals surface area contributed by atoms with Crippen molar-refractivity contribution in [2.45, 2.75) is 57.1 Å². The molecule has 14 nitrogen and oxygen atoms in total. The summed E-state index contributed by atoms with van der Waals surface area (Å²) in [5, 5.41) is 20.4. The number of halogens is 3. The van der Waals surface area contributed by atoms with E-state index in [1.54, 1.807) is 29.0 Å². The van der Waals surface area contributed by atoms with Crippen molar-refractivity contribution in [1.82, 2.24) is 19.5 Å². The number of nitrogens with zero attached hydrogens (tertiary/aromatic N) is 5. The molecule has 1 fully saturated rings. The second-order valence-electron chi connectivity index (χ2n) is 9.99. The Labute approximate surface area is 255 Å². The van der Waals surface area contributed by atoms with Gasteiger partial charge in [-0.2, -0.15) is 18.3 Å². The van der Waals surface area contributed by atoms with Crippen LogP contribution in [0.1, 0.15) is 37.9 Å². The molecule has 0 aliphatic carbocycles. The van der Waals surface area contributed by atoms with Crippen LogP contribution in [-0.4, -0.2) is 65.7 Å². The average molecular weight is 655 g/mol. The van der Waals surface area contributed by atoms with Crippen LogP contribution in [0.2, 0.25) is 0 Å². The van der Waals surface area contributed by atoms with E-state index in [0.29, 0.717) is 18.4 Å². The highest BCUT2D eigenvalue weighted by atomic mass is 32.2. The maximum absolute atomic E-state index is 13.5. The first-order valence-electron chi connectivity index (χ1n) is 13.5. The first kappa shape index (κ1) is 33.0. The summed E-state index contributed by atoms with van der Waals surface area (Å²) < 4.78 is 78.9. The van der Waals surface area contributed by atoms with Gasteiger partial charge in [-0.05, 0) is 50.1 Å². The van der Waals surface area contributed by atoms with Gasteiger partial charge in [0.15, 0.2) is 5.69 Å². The molecule has 1 saturated heterocycles. The van der Waals surface area contributed by atoms with Crippen molar-refractivity contribution < 1.29 is 50.5 Å². The molecule has 2 unspecified atom stereocenters. The topological polar surface area (TPSA) is 167 Å². The third-order valence-electron chi connectivity index (χ3n) is 6.43. The van der Waals surface area contributed by atoms with E-state index in [0.717, 1.165) is 40.4 Å². The summed E-state index contributed by atoms with van der Waals surface area (Å²) in [7, 11) is -4.45. The predicted octanol–water partition coefficient (Wildman–Crippen LogP) is 4.46. The number of sulfonamides is 1. The van der Waals surface area contributed by atoms with Crippen LogP contribution in [0.25, 0.3) is 16.9 Å². The van der Waals surface area contributed by atoms with Gasteiger partial charge in [0, 0.05) is 19.4 Å². The minimum absolute atomic E-state index is 0.104. The minimum Gasteiger partial charge on any atom is -0.569 e. The van der Waals surface area contributed by atoms with Gasteiger partial charge in [0.1, 0.15) is 12.6 Å². The van der Waals surface area contributed by atoms with E-state index in [-0.39, 0.29) is 34.3 Å². The lowest BCUT2D eigenvalue weighted by Gasteiger charge is -2.28. The van der Waals surface area contributed by atoms with Gasteiger partial charge < -0.3 is 14.7 Å². The lowest BCUT2D eigenvalue weighted by Crippen LogP contribution is -2.45. The Bertz CT molecular complexity index is 1660. The van der Waals surface area contributed by atoms with E-state index in [1.165, 1.54) is 19.1 Å². The summed E-state index contributed by atoms with van der Waals surface area (Å²) in [6, 6.07) is 12.4. The molecule has 1 aliphatic rings. The van der Waals surface area contributed by atoms with Crippen molar-refractivity contribution in [1.29, 1.82) is 0 Å². The van der Waals surface area contributed by atoms with Crippen molar-refractivity contribution in [3.05, 3.63) is 71.1 Å². The van der Waals surface area contributed by atoms with Crippen LogP contribution < -0.4 is 4.72 Å². The van der Waals surface area contributed by atoms with E-state index in [1.807, 2.05) is 6.92 Å². The van der Waals surface area contributed by atoms with Gasteiger partial charge in [0.25, 0.3) is 16.3 Å². The number of amides is 1. The zero-order valence-corrected chi connectivity index (χ0v) is 25.0. The average Bonchev–Trinajstić information content (AvgIpc) is 3.42. The maximum Gasteiger partial charge on any atom is 0.435 e. The first-order valence-corrected chi connectivity index (χ1v) is 14.9. The molecule has 0 spiro atoms. The van der Waals surface area contributed by atoms with Gasteiger partial charge in [0.05, 0.1) is 27.8 Å². The number of alkyl halides is 3. The summed E-state index contributed by atoms with van der Waals surface area (Å²) in [4.78, 5) is 27.9. The van der Waals surface area contributed by atoms with Crippen LogP contribution >= 0.6 is 0 Å². The molecule has 2 atom stereocenters. The summed E-state index contributed by atoms with van der Waals surface area (Å²) in [6.07, 6.45) is -7.29. The molecule has 18 heteroatoms. The van der Waals surface area contributed by atoms with Gasteiger partial charge >= 0.3 is 18.2 Å². The number of hydrogen-bond acceptors (Lipinski definition) is 10. The quantitative estimate of drug-likeness (QED) is 0.114. The van der Waals surface area contributed by atoms with Crippen molar-refractivity contribution in [2.75, 3.05) is 13.1 Å². The zero-order valence-electron chi connectivity index (χ0n) is 24.2. The number of rotatable bonds is 9. The van der Waals surface area contributed by atoms with Gasteiger partial charge in [-0.3, -0.25) is 9.63 Å². The lowest BCUT2D eigenvalue weighted by atomic mass is 10.1. The monoisotopic (exact) mass is 654 g/mol. The third-order valence-corrected chi connectivity index (χ3v) is 7.75. The van der Waals surface area contributed by atoms with E-state index in [9.17, 15) is 36.4 Å². The Morgan fingerprint density at radius 3 is 2.44 bits per heavy atom. The fourth-order valence-electron chi connectivity index (χ4n) is 4.34. The number of nitrogens with one attached hydrogen (secondary N) is 1. The summed E-state index contributed by atoms with van der Waals surface area (Å²) in [5.74, 6) is -0.636. The van der Waals surface area contributed by atoms with Crippen molar-refractivity contribution in [3.63, 3.8) is 0 Å². The van der Waals surface area contributed by atoms with Crippen LogP contribution in [-0.2, 0) is 35.3 Å². The smallest absolute Gasteiger partial charge is 0.435 e. The molecule has 1 aromatic heterocycles. The zero-order chi connectivity index (χ0) is 32.9. The standard InChI is InChI=1S/C27H29F3N6O8S/c1-17-6-8-20(9-7-17)24-15-25(27(28,29)30)31-35(24)21-10-12-23(13-11-21)45(40,41)32-26(38)43-22-5-4-14-34(16-22)36(39)33-44-19(3)42-18(2)37/h6-13,15,19,22H,4-5,14,16H2,1-3H3,(H,32,38)/b36-33-. The van der Waals surface area contributed by atoms with Gasteiger partial charge in [0.2, 0.25) is 5.28 Å². The van der Waals surface area contributed by atoms with E-state index < -0.39 is 46.4 Å². The Morgan fingerprint density at radius 2 is 1.82 bits per heavy atom. The Hall–Kier alpha value is -4.87. The minimum atomic E-state index is -4.72. The van der Waals surface area contributed by atoms with E-state index >= 15 is 0 Å². The molecule has 1 N–H and O–H groups in total. The van der Waals surface area contributed by atoms with Gasteiger partial charge in [-0.15, -0.1) is 5.01 Å². The molecule has 45 heavy (non-hydrogen) atoms. The highest BCUT2D eigenvalue weighted by Gasteiger charge is 2.35. The molecule has 4 rings (SSSR count). The fourth-order valence-corrected chi connectivity index (χ4v) is 5.22. The Balaban J connectivity index is 1.43. The van der Waals surface area contributed by atoms with Crippen LogP contribution in [0, 0.1) is 12.1 Å². The molecule has 242 valence electrons. The van der Waals surface area contributed by atoms with Crippen LogP contribution in [0.15, 0.2) is 64.8 Å². The molecule has 2 heterocycles. The summed E-state index contributed by atoms with van der Waals surface area (Å²) >= 11 is 0. The SMILES string of the molecule is CC(=O)OC(C)O/N=[N+](\[O-])N1CCCC(OC(=O)NS(=O)(=O)c2ccc(-n3nc(C(F)(F)F)cc3-c3ccc(C)cc3)cc2)C1. The number of ether oxygens (including phenoxy) is 2. The predicted molar refractivity (Wildman–Crippen MR) is 149 cm³/mol. The summed E-state index contributed by atoms with van der Waals surface area (Å²) in [6.45, 7) is 4.44. The van der Waals surface area contributed by atoms with Crippen molar-refractivity contribution in [2.24, 2.45) is 5.28 Å². The molecule has 1 aliphatic heterocycles. The summed E-state index contributed by atoms with van der Waals surface area (Å²) in [5.41, 5.74) is 0.518. The van der Waals surface area contributed by atoms with E-state index in [4.69, 9.17) is 14.3 Å². The molecule has 3 aromatic rings. The number of carbonyl (C=O) groups is 2.